The molecule has 16 heavy (non-hydrogen) atoms. The molecule has 4 nitrogen and oxygen atoms in total. The van der Waals surface area contributed by atoms with Gasteiger partial charge in [0.15, 0.2) is 5.69 Å². The Bertz CT molecular complexity index is 356. The summed E-state index contributed by atoms with van der Waals surface area (Å²) in [6.45, 7) is 1.84. The van der Waals surface area contributed by atoms with Crippen molar-refractivity contribution in [1.29, 1.82) is 0 Å². The second-order valence-electron chi connectivity index (χ2n) is 4.21. The average Bonchev–Trinajstić information content (AvgIpc) is 2.31. The van der Waals surface area contributed by atoms with Crippen molar-refractivity contribution in [3.05, 3.63) is 23.8 Å². The fourth-order valence-corrected chi connectivity index (χ4v) is 1.89. The normalized spacial score (nSPS) is 17.1. The van der Waals surface area contributed by atoms with Crippen molar-refractivity contribution in [3.63, 3.8) is 0 Å². The van der Waals surface area contributed by atoms with Crippen molar-refractivity contribution in [3.8, 4) is 0 Å². The topological polar surface area (TPSA) is 52.1 Å². The zero-order chi connectivity index (χ0) is 11.4. The Balaban J connectivity index is 1.94. The Morgan fingerprint density at radius 1 is 1.25 bits per heavy atom. The minimum atomic E-state index is -0.348. The van der Waals surface area contributed by atoms with Crippen LogP contribution in [0, 0.1) is 6.92 Å². The molecule has 1 heterocycles. The molecule has 0 N–H and O–H groups in total. The number of carbonyl (C=O) groups excluding carboxylic acids is 1. The fourth-order valence-electron chi connectivity index (χ4n) is 1.89. The molecule has 0 saturated heterocycles. The van der Waals surface area contributed by atoms with E-state index >= 15 is 0 Å². The molecule has 0 unspecified atom stereocenters. The van der Waals surface area contributed by atoms with Gasteiger partial charge < -0.3 is 4.74 Å². The lowest BCUT2D eigenvalue weighted by Crippen LogP contribution is -2.21. The van der Waals surface area contributed by atoms with Crippen LogP contribution in [0.2, 0.25) is 0 Å². The highest BCUT2D eigenvalue weighted by Gasteiger charge is 2.19. The molecule has 0 spiro atoms. The van der Waals surface area contributed by atoms with Crippen LogP contribution in [0.15, 0.2) is 12.4 Å². The molecule has 1 saturated carbocycles. The van der Waals surface area contributed by atoms with E-state index < -0.39 is 0 Å². The Kier molecular flexibility index (Phi) is 3.49. The quantitative estimate of drug-likeness (QED) is 0.717. The van der Waals surface area contributed by atoms with Crippen LogP contribution < -0.4 is 0 Å². The number of aryl methyl sites for hydroxylation is 1. The van der Waals surface area contributed by atoms with Crippen LogP contribution >= 0.6 is 0 Å². The predicted molar refractivity (Wildman–Crippen MR) is 59.1 cm³/mol. The number of hydrogen-bond donors (Lipinski definition) is 0. The minimum absolute atomic E-state index is 0.0735. The molecule has 0 aliphatic heterocycles. The van der Waals surface area contributed by atoms with E-state index in [-0.39, 0.29) is 12.1 Å². The highest BCUT2D eigenvalue weighted by molar-refractivity contribution is 5.86. The van der Waals surface area contributed by atoms with Crippen LogP contribution in [0.5, 0.6) is 0 Å². The number of carbonyl (C=O) groups is 1. The standard InChI is InChI=1S/C12H16N2O2/c1-9-7-14-11(8-13-9)12(15)16-10-5-3-2-4-6-10/h7-8,10H,2-6H2,1H3. The summed E-state index contributed by atoms with van der Waals surface area (Å²) < 4.78 is 5.38. The average molecular weight is 220 g/mol. The monoisotopic (exact) mass is 220 g/mol. The van der Waals surface area contributed by atoms with Gasteiger partial charge in [-0.15, -0.1) is 0 Å². The van der Waals surface area contributed by atoms with E-state index in [0.717, 1.165) is 31.4 Å². The van der Waals surface area contributed by atoms with Crippen molar-refractivity contribution >= 4 is 5.97 Å². The second kappa shape index (κ2) is 5.05. The first-order chi connectivity index (χ1) is 7.75. The second-order valence-corrected chi connectivity index (χ2v) is 4.21. The van der Waals surface area contributed by atoms with E-state index in [2.05, 4.69) is 9.97 Å². The lowest BCUT2D eigenvalue weighted by atomic mass is 9.98. The van der Waals surface area contributed by atoms with Gasteiger partial charge in [0.05, 0.1) is 11.9 Å². The Morgan fingerprint density at radius 3 is 2.62 bits per heavy atom. The van der Waals surface area contributed by atoms with Gasteiger partial charge in [-0.25, -0.2) is 9.78 Å². The van der Waals surface area contributed by atoms with E-state index in [9.17, 15) is 4.79 Å². The molecule has 1 aromatic rings. The highest BCUT2D eigenvalue weighted by atomic mass is 16.5. The van der Waals surface area contributed by atoms with Crippen LogP contribution in [-0.4, -0.2) is 22.0 Å². The SMILES string of the molecule is Cc1cnc(C(=O)OC2CCCCC2)cn1. The summed E-state index contributed by atoms with van der Waals surface area (Å²) in [5.41, 5.74) is 1.10. The number of aromatic nitrogens is 2. The van der Waals surface area contributed by atoms with E-state index in [0.29, 0.717) is 5.69 Å². The summed E-state index contributed by atoms with van der Waals surface area (Å²) in [4.78, 5) is 19.7. The number of ether oxygens (including phenoxy) is 1. The summed E-state index contributed by atoms with van der Waals surface area (Å²) >= 11 is 0. The van der Waals surface area contributed by atoms with Crippen LogP contribution in [0.25, 0.3) is 0 Å². The van der Waals surface area contributed by atoms with Gasteiger partial charge in [-0.2, -0.15) is 0 Å². The molecule has 2 rings (SSSR count). The van der Waals surface area contributed by atoms with Crippen LogP contribution in [-0.2, 0) is 4.74 Å². The van der Waals surface area contributed by atoms with Gasteiger partial charge in [0.2, 0.25) is 0 Å². The molecular formula is C12H16N2O2. The van der Waals surface area contributed by atoms with Crippen molar-refractivity contribution in [1.82, 2.24) is 9.97 Å². The third-order valence-corrected chi connectivity index (χ3v) is 2.82. The molecule has 1 aromatic heterocycles. The van der Waals surface area contributed by atoms with Crippen LogP contribution in [0.1, 0.15) is 48.3 Å². The molecule has 0 atom stereocenters. The van der Waals surface area contributed by atoms with Gasteiger partial charge in [0.1, 0.15) is 6.10 Å². The van der Waals surface area contributed by atoms with Gasteiger partial charge in [-0.3, -0.25) is 4.98 Å². The molecule has 1 aliphatic rings. The fraction of sp³-hybridized carbons (Fsp3) is 0.583. The summed E-state index contributed by atoms with van der Waals surface area (Å²) in [6.07, 6.45) is 8.63. The number of hydrogen-bond acceptors (Lipinski definition) is 4. The molecule has 1 fully saturated rings. The van der Waals surface area contributed by atoms with Crippen molar-refractivity contribution in [2.24, 2.45) is 0 Å². The van der Waals surface area contributed by atoms with Gasteiger partial charge in [-0.05, 0) is 32.6 Å². The molecule has 0 bridgehead atoms. The van der Waals surface area contributed by atoms with Gasteiger partial charge in [0, 0.05) is 6.20 Å². The summed E-state index contributed by atoms with van der Waals surface area (Å²) in [5.74, 6) is -0.348. The lowest BCUT2D eigenvalue weighted by molar-refractivity contribution is 0.0204. The third kappa shape index (κ3) is 2.78. The first-order valence-corrected chi connectivity index (χ1v) is 5.75. The third-order valence-electron chi connectivity index (χ3n) is 2.82. The number of rotatable bonds is 2. The maximum Gasteiger partial charge on any atom is 0.358 e. The van der Waals surface area contributed by atoms with Crippen LogP contribution in [0.4, 0.5) is 0 Å². The zero-order valence-electron chi connectivity index (χ0n) is 9.48. The number of esters is 1. The van der Waals surface area contributed by atoms with Gasteiger partial charge in [-0.1, -0.05) is 6.42 Å². The zero-order valence-corrected chi connectivity index (χ0v) is 9.48. The predicted octanol–water partition coefficient (Wildman–Crippen LogP) is 2.27. The first kappa shape index (κ1) is 11.0. The molecule has 4 heteroatoms. The van der Waals surface area contributed by atoms with Gasteiger partial charge in [0.25, 0.3) is 0 Å². The maximum absolute atomic E-state index is 11.7. The van der Waals surface area contributed by atoms with Crippen molar-refractivity contribution in [2.45, 2.75) is 45.1 Å². The Morgan fingerprint density at radius 2 is 2.00 bits per heavy atom. The Hall–Kier alpha value is -1.45. The Labute approximate surface area is 95.1 Å². The summed E-state index contributed by atoms with van der Waals surface area (Å²) in [7, 11) is 0. The summed E-state index contributed by atoms with van der Waals surface area (Å²) in [6, 6.07) is 0. The van der Waals surface area contributed by atoms with E-state index in [1.165, 1.54) is 12.6 Å². The number of nitrogens with zero attached hydrogens (tertiary/aromatic N) is 2. The minimum Gasteiger partial charge on any atom is -0.458 e. The smallest absolute Gasteiger partial charge is 0.358 e. The molecule has 0 amide bonds. The van der Waals surface area contributed by atoms with E-state index in [4.69, 9.17) is 4.74 Å². The largest absolute Gasteiger partial charge is 0.458 e. The van der Waals surface area contributed by atoms with Crippen LogP contribution in [0.3, 0.4) is 0 Å². The lowest BCUT2D eigenvalue weighted by Gasteiger charge is -2.21. The summed E-state index contributed by atoms with van der Waals surface area (Å²) in [5, 5.41) is 0. The van der Waals surface area contributed by atoms with Gasteiger partial charge >= 0.3 is 5.97 Å². The van der Waals surface area contributed by atoms with E-state index in [1.807, 2.05) is 6.92 Å². The maximum atomic E-state index is 11.7. The first-order valence-electron chi connectivity index (χ1n) is 5.75. The molecule has 1 aliphatic carbocycles. The molecule has 0 radical (unpaired) electrons. The molecule has 86 valence electrons. The molecular weight excluding hydrogens is 204 g/mol. The van der Waals surface area contributed by atoms with E-state index in [1.54, 1.807) is 6.20 Å². The van der Waals surface area contributed by atoms with Crippen molar-refractivity contribution < 1.29 is 9.53 Å². The molecule has 0 aromatic carbocycles. The highest BCUT2D eigenvalue weighted by Crippen LogP contribution is 2.20. The van der Waals surface area contributed by atoms with Crippen molar-refractivity contribution in [2.75, 3.05) is 0 Å².